The van der Waals surface area contributed by atoms with Gasteiger partial charge in [-0.3, -0.25) is 4.79 Å². The van der Waals surface area contributed by atoms with E-state index in [2.05, 4.69) is 51.4 Å². The Bertz CT molecular complexity index is 677. The number of halogens is 1. The van der Waals surface area contributed by atoms with Crippen LogP contribution in [0.4, 0.5) is 5.69 Å². The highest BCUT2D eigenvalue weighted by Crippen LogP contribution is 2.32. The molecule has 1 aromatic carbocycles. The number of amides is 1. The van der Waals surface area contributed by atoms with Gasteiger partial charge in [-0.15, -0.1) is 0 Å². The summed E-state index contributed by atoms with van der Waals surface area (Å²) in [6, 6.07) is 9.17. The summed E-state index contributed by atoms with van der Waals surface area (Å²) in [6.07, 6.45) is 7.24. The SMILES string of the molecule is CC1CCCN1CCCOc1ccc(N2C(=O)C(I)C[C@H]2CN2CCCC2)cc1. The molecule has 3 aliphatic rings. The monoisotopic (exact) mass is 511 g/mol. The number of hydrogen-bond donors (Lipinski definition) is 0. The molecule has 3 saturated heterocycles. The molecule has 5 nitrogen and oxygen atoms in total. The van der Waals surface area contributed by atoms with Gasteiger partial charge in [0.1, 0.15) is 5.75 Å². The minimum absolute atomic E-state index is 0.0871. The maximum absolute atomic E-state index is 12.8. The number of rotatable bonds is 8. The Morgan fingerprint density at radius 3 is 2.55 bits per heavy atom. The first kappa shape index (κ1) is 21.4. The first-order chi connectivity index (χ1) is 14.1. The van der Waals surface area contributed by atoms with Gasteiger partial charge in [0, 0.05) is 24.8 Å². The fraction of sp³-hybridized carbons (Fsp3) is 0.696. The van der Waals surface area contributed by atoms with Crippen molar-refractivity contribution in [3.05, 3.63) is 24.3 Å². The van der Waals surface area contributed by atoms with E-state index in [0.29, 0.717) is 0 Å². The van der Waals surface area contributed by atoms with E-state index in [1.54, 1.807) is 0 Å². The largest absolute Gasteiger partial charge is 0.494 e. The number of carbonyl (C=O) groups excluding carboxylic acids is 1. The molecule has 3 heterocycles. The fourth-order valence-electron chi connectivity index (χ4n) is 5.02. The minimum Gasteiger partial charge on any atom is -0.494 e. The van der Waals surface area contributed by atoms with Crippen LogP contribution in [-0.4, -0.2) is 71.0 Å². The lowest BCUT2D eigenvalue weighted by molar-refractivity contribution is -0.116. The lowest BCUT2D eigenvalue weighted by Crippen LogP contribution is -2.41. The lowest BCUT2D eigenvalue weighted by Gasteiger charge is -2.28. The fourth-order valence-corrected chi connectivity index (χ4v) is 5.91. The summed E-state index contributed by atoms with van der Waals surface area (Å²) in [4.78, 5) is 19.9. The van der Waals surface area contributed by atoms with Crippen molar-refractivity contribution in [2.24, 2.45) is 0 Å². The van der Waals surface area contributed by atoms with Crippen molar-refractivity contribution in [2.75, 3.05) is 44.2 Å². The summed E-state index contributed by atoms with van der Waals surface area (Å²) >= 11 is 2.31. The maximum Gasteiger partial charge on any atom is 0.240 e. The molecule has 0 aromatic heterocycles. The van der Waals surface area contributed by atoms with Gasteiger partial charge >= 0.3 is 0 Å². The first-order valence-corrected chi connectivity index (χ1v) is 12.5. The van der Waals surface area contributed by atoms with Crippen LogP contribution in [0.3, 0.4) is 0 Å². The van der Waals surface area contributed by atoms with E-state index in [0.717, 1.165) is 50.0 Å². The van der Waals surface area contributed by atoms with Gasteiger partial charge in [-0.1, -0.05) is 22.6 Å². The van der Waals surface area contributed by atoms with Gasteiger partial charge in [0.15, 0.2) is 0 Å². The van der Waals surface area contributed by atoms with Crippen molar-refractivity contribution >= 4 is 34.2 Å². The number of nitrogens with zero attached hydrogens (tertiary/aromatic N) is 3. The summed E-state index contributed by atoms with van der Waals surface area (Å²) in [5.41, 5.74) is 1.01. The highest BCUT2D eigenvalue weighted by atomic mass is 127. The molecule has 3 aliphatic heterocycles. The average molecular weight is 511 g/mol. The van der Waals surface area contributed by atoms with Crippen molar-refractivity contribution < 1.29 is 9.53 Å². The number of alkyl halides is 1. The Balaban J connectivity index is 1.30. The predicted octanol–water partition coefficient (Wildman–Crippen LogP) is 3.94. The lowest BCUT2D eigenvalue weighted by atomic mass is 10.2. The van der Waals surface area contributed by atoms with Crippen LogP contribution in [0.2, 0.25) is 0 Å². The molecule has 3 atom stereocenters. The van der Waals surface area contributed by atoms with E-state index in [1.807, 2.05) is 17.0 Å². The zero-order valence-corrected chi connectivity index (χ0v) is 19.7. The van der Waals surface area contributed by atoms with E-state index in [9.17, 15) is 4.79 Å². The zero-order chi connectivity index (χ0) is 20.2. The molecule has 29 heavy (non-hydrogen) atoms. The van der Waals surface area contributed by atoms with Gasteiger partial charge in [0.25, 0.3) is 0 Å². The molecular formula is C23H34IN3O2. The van der Waals surface area contributed by atoms with Crippen LogP contribution in [0.5, 0.6) is 5.75 Å². The molecule has 0 aliphatic carbocycles. The quantitative estimate of drug-likeness (QED) is 0.301. The van der Waals surface area contributed by atoms with Crippen molar-refractivity contribution in [3.8, 4) is 5.75 Å². The molecule has 0 bridgehead atoms. The van der Waals surface area contributed by atoms with Crippen LogP contribution in [-0.2, 0) is 4.79 Å². The van der Waals surface area contributed by atoms with E-state index < -0.39 is 0 Å². The molecule has 0 N–H and O–H groups in total. The van der Waals surface area contributed by atoms with Gasteiger partial charge in [0.05, 0.1) is 16.6 Å². The molecule has 0 radical (unpaired) electrons. The Hall–Kier alpha value is -0.860. The van der Waals surface area contributed by atoms with E-state index in [-0.39, 0.29) is 15.9 Å². The Morgan fingerprint density at radius 1 is 1.10 bits per heavy atom. The number of likely N-dealkylation sites (tertiary alicyclic amines) is 2. The van der Waals surface area contributed by atoms with Crippen LogP contribution in [0.25, 0.3) is 0 Å². The summed E-state index contributed by atoms with van der Waals surface area (Å²) in [7, 11) is 0. The predicted molar refractivity (Wildman–Crippen MR) is 126 cm³/mol. The zero-order valence-electron chi connectivity index (χ0n) is 17.6. The van der Waals surface area contributed by atoms with Crippen molar-refractivity contribution in [1.29, 1.82) is 0 Å². The first-order valence-electron chi connectivity index (χ1n) is 11.3. The average Bonchev–Trinajstić information content (AvgIpc) is 3.43. The maximum atomic E-state index is 12.8. The molecule has 1 amide bonds. The van der Waals surface area contributed by atoms with Crippen molar-refractivity contribution in [3.63, 3.8) is 0 Å². The molecule has 6 heteroatoms. The third-order valence-corrected chi connectivity index (χ3v) is 7.72. The number of hydrogen-bond acceptors (Lipinski definition) is 4. The third kappa shape index (κ3) is 5.25. The highest BCUT2D eigenvalue weighted by molar-refractivity contribution is 14.1. The smallest absolute Gasteiger partial charge is 0.240 e. The summed E-state index contributed by atoms with van der Waals surface area (Å²) in [5, 5.41) is 0. The molecule has 160 valence electrons. The third-order valence-electron chi connectivity index (χ3n) is 6.68. The van der Waals surface area contributed by atoms with Crippen molar-refractivity contribution in [2.45, 2.75) is 61.5 Å². The molecule has 2 unspecified atom stereocenters. The standard InChI is InChI=1S/C23H34IN3O2/c1-18-6-4-13-26(18)14-5-15-29-21-9-7-19(8-10-21)27-20(16-22(24)23(27)28)17-25-11-2-3-12-25/h7-10,18,20,22H,2-6,11-17H2,1H3/t18?,20-,22?/m0/s1. The van der Waals surface area contributed by atoms with Gasteiger partial charge < -0.3 is 19.4 Å². The van der Waals surface area contributed by atoms with Crippen LogP contribution < -0.4 is 9.64 Å². The molecule has 1 aromatic rings. The second kappa shape index (κ2) is 9.96. The minimum atomic E-state index is 0.0871. The molecule has 0 spiro atoms. The second-order valence-corrected chi connectivity index (χ2v) is 10.3. The molecule has 3 fully saturated rings. The second-order valence-electron chi connectivity index (χ2n) is 8.80. The van der Waals surface area contributed by atoms with Gasteiger partial charge in [-0.25, -0.2) is 0 Å². The normalized spacial score (nSPS) is 28.6. The molecular weight excluding hydrogens is 477 g/mol. The Kier molecular flexibility index (Phi) is 7.34. The van der Waals surface area contributed by atoms with Gasteiger partial charge in [-0.05, 0) is 89.3 Å². The van der Waals surface area contributed by atoms with E-state index >= 15 is 0 Å². The van der Waals surface area contributed by atoms with Crippen molar-refractivity contribution in [1.82, 2.24) is 9.80 Å². The highest BCUT2D eigenvalue weighted by Gasteiger charge is 2.39. The summed E-state index contributed by atoms with van der Waals surface area (Å²) in [5.74, 6) is 1.15. The number of benzene rings is 1. The summed E-state index contributed by atoms with van der Waals surface area (Å²) in [6.45, 7) is 8.77. The van der Waals surface area contributed by atoms with Crippen LogP contribution in [0.1, 0.15) is 45.4 Å². The van der Waals surface area contributed by atoms with E-state index in [1.165, 1.54) is 45.3 Å². The number of carbonyl (C=O) groups is 1. The van der Waals surface area contributed by atoms with Gasteiger partial charge in [-0.2, -0.15) is 0 Å². The molecule has 4 rings (SSSR count). The topological polar surface area (TPSA) is 36.0 Å². The van der Waals surface area contributed by atoms with Gasteiger partial charge in [0.2, 0.25) is 5.91 Å². The van der Waals surface area contributed by atoms with Crippen LogP contribution in [0.15, 0.2) is 24.3 Å². The van der Waals surface area contributed by atoms with Crippen LogP contribution >= 0.6 is 22.6 Å². The Labute approximate surface area is 188 Å². The number of anilines is 1. The number of ether oxygens (including phenoxy) is 1. The summed E-state index contributed by atoms with van der Waals surface area (Å²) < 4.78 is 6.05. The van der Waals surface area contributed by atoms with E-state index in [4.69, 9.17) is 4.74 Å². The Morgan fingerprint density at radius 2 is 1.86 bits per heavy atom. The molecule has 0 saturated carbocycles. The van der Waals surface area contributed by atoms with Crippen LogP contribution in [0, 0.1) is 0 Å².